The summed E-state index contributed by atoms with van der Waals surface area (Å²) in [4.78, 5) is 8.58. The summed E-state index contributed by atoms with van der Waals surface area (Å²) in [7, 11) is -2.04. The summed E-state index contributed by atoms with van der Waals surface area (Å²) >= 11 is 0. The molecule has 0 aliphatic heterocycles. The second-order valence-corrected chi connectivity index (χ2v) is 5.46. The van der Waals surface area contributed by atoms with Crippen molar-refractivity contribution in [2.75, 3.05) is 0 Å². The van der Waals surface area contributed by atoms with Crippen LogP contribution in [0.4, 0.5) is 0 Å². The Morgan fingerprint density at radius 1 is 1.06 bits per heavy atom. The third-order valence-corrected chi connectivity index (χ3v) is 3.45. The zero-order valence-electron chi connectivity index (χ0n) is 10.3. The lowest BCUT2D eigenvalue weighted by atomic mass is 10.2. The van der Waals surface area contributed by atoms with Crippen molar-refractivity contribution in [1.82, 2.24) is 0 Å². The van der Waals surface area contributed by atoms with E-state index in [1.165, 1.54) is 23.1 Å². The molecule has 0 spiro atoms. The Bertz CT molecular complexity index is 526. The first-order valence-electron chi connectivity index (χ1n) is 5.91. The highest BCUT2D eigenvalue weighted by atomic mass is 31.1. The van der Waals surface area contributed by atoms with Crippen molar-refractivity contribution in [3.63, 3.8) is 0 Å². The van der Waals surface area contributed by atoms with Gasteiger partial charge in [0.15, 0.2) is 0 Å². The predicted molar refractivity (Wildman–Crippen MR) is 74.0 cm³/mol. The van der Waals surface area contributed by atoms with E-state index < -0.39 is 8.03 Å². The quantitative estimate of drug-likeness (QED) is 0.710. The highest BCUT2D eigenvalue weighted by molar-refractivity contribution is 7.37. The molecule has 92 valence electrons. The van der Waals surface area contributed by atoms with Crippen LogP contribution < -0.4 is 0 Å². The maximum Gasteiger partial charge on any atom is 0.510 e. The highest BCUT2D eigenvalue weighted by Crippen LogP contribution is 2.25. The average Bonchev–Trinajstić information content (AvgIpc) is 3.11. The molecular weight excluding hydrogens is 243 g/mol. The third-order valence-electron chi connectivity index (χ3n) is 2.81. The zero-order valence-corrected chi connectivity index (χ0v) is 11.2. The maximum atomic E-state index is 10.4. The van der Waals surface area contributed by atoms with E-state index in [-0.39, 0.29) is 6.16 Å². The number of aryl methyl sites for hydroxylation is 1. The van der Waals surface area contributed by atoms with Gasteiger partial charge in [-0.2, -0.15) is 4.89 Å². The molecular formula is C15H16O2P+. The van der Waals surface area contributed by atoms with Crippen LogP contribution in [0.5, 0.6) is 0 Å². The van der Waals surface area contributed by atoms with Gasteiger partial charge < -0.3 is 0 Å². The van der Waals surface area contributed by atoms with Crippen LogP contribution in [0.2, 0.25) is 0 Å². The van der Waals surface area contributed by atoms with Gasteiger partial charge >= 0.3 is 8.03 Å². The van der Waals surface area contributed by atoms with Crippen molar-refractivity contribution in [2.45, 2.75) is 19.5 Å². The lowest BCUT2D eigenvalue weighted by Crippen LogP contribution is -1.79. The van der Waals surface area contributed by atoms with E-state index >= 15 is 0 Å². The lowest BCUT2D eigenvalue weighted by molar-refractivity contribution is 0.502. The molecule has 0 saturated carbocycles. The van der Waals surface area contributed by atoms with Gasteiger partial charge in [0, 0.05) is 5.56 Å². The van der Waals surface area contributed by atoms with Crippen LogP contribution in [0.25, 0.3) is 0 Å². The summed E-state index contributed by atoms with van der Waals surface area (Å²) in [6.07, 6.45) is 1.50. The molecule has 1 atom stereocenters. The number of rotatable bonds is 2. The predicted octanol–water partition coefficient (Wildman–Crippen LogP) is 3.82. The molecule has 1 aliphatic rings. The van der Waals surface area contributed by atoms with E-state index in [9.17, 15) is 4.57 Å². The van der Waals surface area contributed by atoms with E-state index in [0.717, 1.165) is 5.56 Å². The van der Waals surface area contributed by atoms with Crippen molar-refractivity contribution < 1.29 is 9.46 Å². The highest BCUT2D eigenvalue weighted by Gasteiger charge is 2.12. The minimum atomic E-state index is -2.04. The molecule has 0 heterocycles. The molecule has 2 aromatic rings. The lowest BCUT2D eigenvalue weighted by Gasteiger charge is -1.91. The second kappa shape index (κ2) is 5.90. The molecule has 2 nitrogen and oxygen atoms in total. The minimum Gasteiger partial charge on any atom is -0.160 e. The third kappa shape index (κ3) is 4.06. The van der Waals surface area contributed by atoms with Crippen molar-refractivity contribution in [3.05, 3.63) is 70.8 Å². The van der Waals surface area contributed by atoms with Gasteiger partial charge in [0.05, 0.1) is 0 Å². The van der Waals surface area contributed by atoms with Crippen molar-refractivity contribution in [1.29, 1.82) is 0 Å². The number of benzene rings is 2. The second-order valence-electron chi connectivity index (χ2n) is 4.44. The van der Waals surface area contributed by atoms with Gasteiger partial charge in [0.1, 0.15) is 0 Å². The Labute approximate surface area is 108 Å². The van der Waals surface area contributed by atoms with E-state index in [0.29, 0.717) is 0 Å². The van der Waals surface area contributed by atoms with E-state index in [1.54, 1.807) is 0 Å². The smallest absolute Gasteiger partial charge is 0.160 e. The number of hydrogen-bond donors (Lipinski definition) is 1. The maximum absolute atomic E-state index is 10.4. The molecule has 0 saturated heterocycles. The Morgan fingerprint density at radius 2 is 1.61 bits per heavy atom. The van der Waals surface area contributed by atoms with E-state index in [4.69, 9.17) is 4.89 Å². The number of hydrogen-bond acceptors (Lipinski definition) is 1. The van der Waals surface area contributed by atoms with Crippen molar-refractivity contribution in [3.8, 4) is 0 Å². The fraction of sp³-hybridized carbons (Fsp3) is 0.200. The van der Waals surface area contributed by atoms with Gasteiger partial charge in [0.25, 0.3) is 0 Å². The van der Waals surface area contributed by atoms with Crippen LogP contribution in [0.1, 0.15) is 22.3 Å². The number of fused-ring (bicyclic) bond motifs is 1. The molecule has 1 aliphatic carbocycles. The molecule has 3 heteroatoms. The summed E-state index contributed by atoms with van der Waals surface area (Å²) in [5.41, 5.74) is 5.14. The summed E-state index contributed by atoms with van der Waals surface area (Å²) in [6.45, 7) is 1.99. The van der Waals surface area contributed by atoms with Gasteiger partial charge in [-0.25, -0.2) is 0 Å². The summed E-state index contributed by atoms with van der Waals surface area (Å²) in [5, 5.41) is 0. The first-order chi connectivity index (χ1) is 8.65. The van der Waals surface area contributed by atoms with Crippen LogP contribution in [0.15, 0.2) is 48.5 Å². The summed E-state index contributed by atoms with van der Waals surface area (Å²) < 4.78 is 10.4. The first-order valence-corrected chi connectivity index (χ1v) is 7.31. The molecule has 0 radical (unpaired) electrons. The monoisotopic (exact) mass is 259 g/mol. The first kappa shape index (κ1) is 12.9. The minimum absolute atomic E-state index is 0.260. The summed E-state index contributed by atoms with van der Waals surface area (Å²) in [6, 6.07) is 16.2. The van der Waals surface area contributed by atoms with Crippen molar-refractivity contribution in [2.24, 2.45) is 0 Å². The van der Waals surface area contributed by atoms with Gasteiger partial charge in [-0.1, -0.05) is 54.1 Å². The Balaban J connectivity index is 0.000000146. The van der Waals surface area contributed by atoms with E-state index in [2.05, 4.69) is 24.3 Å². The largest absolute Gasteiger partial charge is 0.510 e. The van der Waals surface area contributed by atoms with Gasteiger partial charge in [0.2, 0.25) is 6.16 Å². The molecule has 0 aromatic heterocycles. The molecule has 2 aromatic carbocycles. The van der Waals surface area contributed by atoms with Gasteiger partial charge in [-0.3, -0.25) is 0 Å². The summed E-state index contributed by atoms with van der Waals surface area (Å²) in [5.74, 6) is 0. The van der Waals surface area contributed by atoms with Gasteiger partial charge in [-0.15, -0.1) is 0 Å². The van der Waals surface area contributed by atoms with Gasteiger partial charge in [-0.05, 0) is 29.0 Å². The molecule has 0 bridgehead atoms. The van der Waals surface area contributed by atoms with E-state index in [1.807, 2.05) is 31.2 Å². The Hall–Kier alpha value is -1.50. The molecule has 18 heavy (non-hydrogen) atoms. The van der Waals surface area contributed by atoms with Crippen LogP contribution in [0.3, 0.4) is 0 Å². The molecule has 1 N–H and O–H groups in total. The van der Waals surface area contributed by atoms with Crippen LogP contribution in [0, 0.1) is 6.92 Å². The Morgan fingerprint density at radius 3 is 2.06 bits per heavy atom. The Kier molecular flexibility index (Phi) is 4.24. The fourth-order valence-corrected chi connectivity index (χ4v) is 2.21. The fourth-order valence-electron chi connectivity index (χ4n) is 1.69. The average molecular weight is 259 g/mol. The molecule has 0 fully saturated rings. The van der Waals surface area contributed by atoms with Crippen LogP contribution in [-0.4, -0.2) is 4.89 Å². The molecule has 3 rings (SSSR count). The van der Waals surface area contributed by atoms with Crippen molar-refractivity contribution >= 4 is 8.03 Å². The van der Waals surface area contributed by atoms with Crippen LogP contribution in [-0.2, 0) is 17.1 Å². The standard InChI is InChI=1S/C8H9O2P.C7H6/c1-7-2-4-8(5-3-7)6-11(9)10;1-2-4-7-5-6(7)3-1/h2-5H,6H2,1H3;1-4H,5H2/p+1. The topological polar surface area (TPSA) is 37.3 Å². The van der Waals surface area contributed by atoms with Crippen LogP contribution >= 0.6 is 8.03 Å². The zero-order chi connectivity index (χ0) is 13.0. The molecule has 0 amide bonds. The molecule has 1 unspecified atom stereocenters. The normalized spacial score (nSPS) is 12.0. The SMILES string of the molecule is Cc1ccc(C[P+](=O)O)cc1.c1ccc2c(c1)C2.